The molecule has 0 aliphatic carbocycles. The summed E-state index contributed by atoms with van der Waals surface area (Å²) in [5.41, 5.74) is 3.25. The summed E-state index contributed by atoms with van der Waals surface area (Å²) in [6.07, 6.45) is 5.45. The van der Waals surface area contributed by atoms with Crippen molar-refractivity contribution in [3.8, 4) is 0 Å². The number of para-hydroxylation sites is 1. The SMILES string of the molecule is c1ccc2c(CNc3cn[nH]c3)ccnc2c1. The third kappa shape index (κ3) is 1.97. The van der Waals surface area contributed by atoms with Crippen molar-refractivity contribution in [1.29, 1.82) is 0 Å². The third-order valence-corrected chi connectivity index (χ3v) is 2.72. The molecule has 2 heterocycles. The average molecular weight is 224 g/mol. The lowest BCUT2D eigenvalue weighted by molar-refractivity contribution is 1.09. The van der Waals surface area contributed by atoms with Crippen LogP contribution >= 0.6 is 0 Å². The van der Waals surface area contributed by atoms with Crippen molar-refractivity contribution in [1.82, 2.24) is 15.2 Å². The number of hydrogen-bond donors (Lipinski definition) is 2. The summed E-state index contributed by atoms with van der Waals surface area (Å²) < 4.78 is 0. The molecule has 4 nitrogen and oxygen atoms in total. The van der Waals surface area contributed by atoms with Gasteiger partial charge in [0.25, 0.3) is 0 Å². The fraction of sp³-hybridized carbons (Fsp3) is 0.0769. The van der Waals surface area contributed by atoms with Crippen LogP contribution in [0.25, 0.3) is 10.9 Å². The predicted molar refractivity (Wildman–Crippen MR) is 67.7 cm³/mol. The first-order valence-electron chi connectivity index (χ1n) is 5.49. The van der Waals surface area contributed by atoms with Crippen LogP contribution < -0.4 is 5.32 Å². The number of nitrogens with one attached hydrogen (secondary N) is 2. The summed E-state index contributed by atoms with van der Waals surface area (Å²) >= 11 is 0. The molecular formula is C13H12N4. The molecule has 0 radical (unpaired) electrons. The van der Waals surface area contributed by atoms with Crippen molar-refractivity contribution in [3.05, 3.63) is 54.5 Å². The monoisotopic (exact) mass is 224 g/mol. The van der Waals surface area contributed by atoms with E-state index in [1.54, 1.807) is 6.20 Å². The van der Waals surface area contributed by atoms with Crippen molar-refractivity contribution in [2.75, 3.05) is 5.32 Å². The molecule has 0 amide bonds. The molecule has 3 rings (SSSR count). The van der Waals surface area contributed by atoms with Gasteiger partial charge in [0.1, 0.15) is 0 Å². The average Bonchev–Trinajstić information content (AvgIpc) is 2.89. The molecule has 2 N–H and O–H groups in total. The second kappa shape index (κ2) is 4.25. The lowest BCUT2D eigenvalue weighted by Gasteiger charge is -2.06. The Morgan fingerprint density at radius 1 is 1.18 bits per heavy atom. The lowest BCUT2D eigenvalue weighted by atomic mass is 10.1. The summed E-state index contributed by atoms with van der Waals surface area (Å²) in [6, 6.07) is 10.2. The number of anilines is 1. The zero-order chi connectivity index (χ0) is 11.5. The normalized spacial score (nSPS) is 10.6. The van der Waals surface area contributed by atoms with Gasteiger partial charge in [0.2, 0.25) is 0 Å². The van der Waals surface area contributed by atoms with E-state index in [1.165, 1.54) is 10.9 Å². The van der Waals surface area contributed by atoms with Gasteiger partial charge in [-0.25, -0.2) is 0 Å². The molecule has 0 unspecified atom stereocenters. The van der Waals surface area contributed by atoms with E-state index in [9.17, 15) is 0 Å². The second-order valence-corrected chi connectivity index (χ2v) is 3.83. The van der Waals surface area contributed by atoms with E-state index < -0.39 is 0 Å². The van der Waals surface area contributed by atoms with Crippen molar-refractivity contribution in [2.45, 2.75) is 6.54 Å². The summed E-state index contributed by atoms with van der Waals surface area (Å²) in [5, 5.41) is 11.2. The molecule has 0 aliphatic heterocycles. The van der Waals surface area contributed by atoms with Gasteiger partial charge < -0.3 is 5.32 Å². The highest BCUT2D eigenvalue weighted by molar-refractivity contribution is 5.82. The number of rotatable bonds is 3. The molecule has 17 heavy (non-hydrogen) atoms. The van der Waals surface area contributed by atoms with Crippen LogP contribution in [0.4, 0.5) is 5.69 Å². The topological polar surface area (TPSA) is 53.6 Å². The van der Waals surface area contributed by atoms with Gasteiger partial charge in [-0.05, 0) is 17.7 Å². The van der Waals surface area contributed by atoms with Crippen LogP contribution in [0.1, 0.15) is 5.56 Å². The fourth-order valence-corrected chi connectivity index (χ4v) is 1.85. The minimum Gasteiger partial charge on any atom is -0.378 e. The quantitative estimate of drug-likeness (QED) is 0.719. The number of nitrogens with zero attached hydrogens (tertiary/aromatic N) is 2. The Labute approximate surface area is 98.7 Å². The highest BCUT2D eigenvalue weighted by Gasteiger charge is 2.01. The number of hydrogen-bond acceptors (Lipinski definition) is 3. The Kier molecular flexibility index (Phi) is 2.46. The summed E-state index contributed by atoms with van der Waals surface area (Å²) in [6.45, 7) is 0.766. The molecule has 2 aromatic heterocycles. The Balaban J connectivity index is 1.90. The minimum atomic E-state index is 0.766. The maximum absolute atomic E-state index is 4.34. The maximum atomic E-state index is 4.34. The smallest absolute Gasteiger partial charge is 0.0726 e. The number of aromatic amines is 1. The van der Waals surface area contributed by atoms with E-state index >= 15 is 0 Å². The zero-order valence-electron chi connectivity index (χ0n) is 9.22. The highest BCUT2D eigenvalue weighted by atomic mass is 15.1. The first kappa shape index (κ1) is 9.84. The number of H-pyrrole nitrogens is 1. The van der Waals surface area contributed by atoms with Crippen LogP contribution in [0.3, 0.4) is 0 Å². The molecule has 0 saturated heterocycles. The van der Waals surface area contributed by atoms with Gasteiger partial charge in [0, 0.05) is 24.3 Å². The van der Waals surface area contributed by atoms with Crippen molar-refractivity contribution in [3.63, 3.8) is 0 Å². The van der Waals surface area contributed by atoms with Crippen molar-refractivity contribution >= 4 is 16.6 Å². The van der Waals surface area contributed by atoms with Gasteiger partial charge in [-0.15, -0.1) is 0 Å². The van der Waals surface area contributed by atoms with Gasteiger partial charge >= 0.3 is 0 Å². The standard InChI is InChI=1S/C13H12N4/c1-2-4-13-12(3-1)10(5-6-14-13)7-15-11-8-16-17-9-11/h1-6,8-9,15H,7H2,(H,16,17). The Morgan fingerprint density at radius 2 is 2.12 bits per heavy atom. The summed E-state index contributed by atoms with van der Waals surface area (Å²) in [4.78, 5) is 4.34. The number of benzene rings is 1. The number of fused-ring (bicyclic) bond motifs is 1. The molecule has 84 valence electrons. The zero-order valence-corrected chi connectivity index (χ0v) is 9.22. The summed E-state index contributed by atoms with van der Waals surface area (Å²) in [7, 11) is 0. The Hall–Kier alpha value is -2.36. The molecule has 0 saturated carbocycles. The van der Waals surface area contributed by atoms with Gasteiger partial charge in [0.05, 0.1) is 17.4 Å². The minimum absolute atomic E-state index is 0.766. The maximum Gasteiger partial charge on any atom is 0.0726 e. The Morgan fingerprint density at radius 3 is 3.00 bits per heavy atom. The largest absolute Gasteiger partial charge is 0.378 e. The highest BCUT2D eigenvalue weighted by Crippen LogP contribution is 2.17. The van der Waals surface area contributed by atoms with Crippen LogP contribution in [0.5, 0.6) is 0 Å². The number of pyridine rings is 1. The molecule has 3 aromatic rings. The predicted octanol–water partition coefficient (Wildman–Crippen LogP) is 2.57. The molecule has 0 spiro atoms. The van der Waals surface area contributed by atoms with E-state index in [0.717, 1.165) is 17.7 Å². The van der Waals surface area contributed by atoms with Crippen molar-refractivity contribution < 1.29 is 0 Å². The first-order valence-corrected chi connectivity index (χ1v) is 5.49. The molecule has 0 aliphatic rings. The third-order valence-electron chi connectivity index (χ3n) is 2.72. The van der Waals surface area contributed by atoms with Crippen molar-refractivity contribution in [2.24, 2.45) is 0 Å². The van der Waals surface area contributed by atoms with Gasteiger partial charge in [0.15, 0.2) is 0 Å². The Bertz CT molecular complexity index is 611. The molecular weight excluding hydrogens is 212 g/mol. The van der Waals surface area contributed by atoms with Crippen LogP contribution in [0, 0.1) is 0 Å². The van der Waals surface area contributed by atoms with Crippen LogP contribution in [-0.4, -0.2) is 15.2 Å². The van der Waals surface area contributed by atoms with Crippen LogP contribution in [0.15, 0.2) is 48.9 Å². The van der Waals surface area contributed by atoms with Gasteiger partial charge in [-0.1, -0.05) is 18.2 Å². The second-order valence-electron chi connectivity index (χ2n) is 3.83. The molecule has 0 fully saturated rings. The van der Waals surface area contributed by atoms with Gasteiger partial charge in [-0.2, -0.15) is 5.10 Å². The van der Waals surface area contributed by atoms with Gasteiger partial charge in [-0.3, -0.25) is 10.1 Å². The molecule has 0 bridgehead atoms. The lowest BCUT2D eigenvalue weighted by Crippen LogP contribution is -1.99. The first-order chi connectivity index (χ1) is 8.43. The van der Waals surface area contributed by atoms with E-state index in [-0.39, 0.29) is 0 Å². The van der Waals surface area contributed by atoms with E-state index in [1.807, 2.05) is 36.7 Å². The fourth-order valence-electron chi connectivity index (χ4n) is 1.85. The van der Waals surface area contributed by atoms with E-state index in [4.69, 9.17) is 0 Å². The summed E-state index contributed by atoms with van der Waals surface area (Å²) in [5.74, 6) is 0. The molecule has 1 aromatic carbocycles. The molecule has 4 heteroatoms. The van der Waals surface area contributed by atoms with Crippen LogP contribution in [-0.2, 0) is 6.54 Å². The van der Waals surface area contributed by atoms with Crippen LogP contribution in [0.2, 0.25) is 0 Å². The van der Waals surface area contributed by atoms with E-state index in [0.29, 0.717) is 0 Å². The van der Waals surface area contributed by atoms with E-state index in [2.05, 4.69) is 26.6 Å². The molecule has 0 atom stereocenters. The number of aromatic nitrogens is 3.